The molecule has 0 saturated heterocycles. The minimum absolute atomic E-state index is 0.00268. The summed E-state index contributed by atoms with van der Waals surface area (Å²) in [5.74, 6) is -1.85. The van der Waals surface area contributed by atoms with E-state index in [1.165, 1.54) is 6.07 Å². The molecule has 6 nitrogen and oxygen atoms in total. The Kier molecular flexibility index (Phi) is 8.00. The summed E-state index contributed by atoms with van der Waals surface area (Å²) in [6.45, 7) is 0.380. The summed E-state index contributed by atoms with van der Waals surface area (Å²) in [5.41, 5.74) is 1.62. The molecular weight excluding hydrogens is 450 g/mol. The van der Waals surface area contributed by atoms with Gasteiger partial charge in [-0.1, -0.05) is 30.3 Å². The topological polar surface area (TPSA) is 75.7 Å². The third-order valence-electron chi connectivity index (χ3n) is 4.74. The first-order chi connectivity index (χ1) is 15.7. The first-order valence-electron chi connectivity index (χ1n) is 10.2. The van der Waals surface area contributed by atoms with E-state index in [0.717, 1.165) is 28.3 Å². The maximum absolute atomic E-state index is 13.5. The van der Waals surface area contributed by atoms with Crippen molar-refractivity contribution in [3.05, 3.63) is 90.0 Å². The highest BCUT2D eigenvalue weighted by atomic mass is 32.2. The Bertz CT molecular complexity index is 1190. The van der Waals surface area contributed by atoms with Gasteiger partial charge < -0.3 is 10.1 Å². The van der Waals surface area contributed by atoms with Gasteiger partial charge in [0.2, 0.25) is 15.9 Å². The van der Waals surface area contributed by atoms with Crippen LogP contribution in [0.5, 0.6) is 5.75 Å². The van der Waals surface area contributed by atoms with Crippen LogP contribution in [0.2, 0.25) is 0 Å². The average molecular weight is 475 g/mol. The number of rotatable bonds is 10. The monoisotopic (exact) mass is 474 g/mol. The highest BCUT2D eigenvalue weighted by molar-refractivity contribution is 7.92. The van der Waals surface area contributed by atoms with E-state index in [-0.39, 0.29) is 31.0 Å². The van der Waals surface area contributed by atoms with Crippen molar-refractivity contribution in [2.45, 2.75) is 19.4 Å². The molecule has 0 aliphatic heterocycles. The summed E-state index contributed by atoms with van der Waals surface area (Å²) in [7, 11) is -3.74. The van der Waals surface area contributed by atoms with E-state index in [9.17, 15) is 22.0 Å². The Morgan fingerprint density at radius 3 is 2.30 bits per heavy atom. The zero-order valence-electron chi connectivity index (χ0n) is 18.0. The highest BCUT2D eigenvalue weighted by Gasteiger charge is 2.19. The predicted octanol–water partition coefficient (Wildman–Crippen LogP) is 4.73. The number of benzene rings is 3. The molecule has 0 aromatic heterocycles. The molecule has 0 radical (unpaired) electrons. The lowest BCUT2D eigenvalue weighted by atomic mass is 10.2. The van der Waals surface area contributed by atoms with Crippen molar-refractivity contribution < 1.29 is 26.7 Å². The van der Waals surface area contributed by atoms with Gasteiger partial charge in [0.05, 0.1) is 11.9 Å². The number of nitrogens with zero attached hydrogens (tertiary/aromatic N) is 1. The Balaban J connectivity index is 1.50. The number of carbonyl (C=O) groups is 1. The molecule has 0 unspecified atom stereocenters. The van der Waals surface area contributed by atoms with Gasteiger partial charge in [-0.2, -0.15) is 0 Å². The van der Waals surface area contributed by atoms with Crippen LogP contribution >= 0.6 is 0 Å². The SMILES string of the molecule is CS(=O)(=O)N(CCCC(=O)Nc1ccc(OCc2ccccc2)cc1)c1ccc(F)c(F)c1. The van der Waals surface area contributed by atoms with Crippen LogP contribution in [0.1, 0.15) is 18.4 Å². The molecule has 33 heavy (non-hydrogen) atoms. The Labute approximate surface area is 191 Å². The van der Waals surface area contributed by atoms with Gasteiger partial charge in [-0.3, -0.25) is 9.10 Å². The van der Waals surface area contributed by atoms with E-state index < -0.39 is 21.7 Å². The third kappa shape index (κ3) is 7.28. The molecule has 0 spiro atoms. The number of halogens is 2. The number of anilines is 2. The highest BCUT2D eigenvalue weighted by Crippen LogP contribution is 2.21. The molecule has 0 aliphatic rings. The van der Waals surface area contributed by atoms with Gasteiger partial charge in [0.15, 0.2) is 11.6 Å². The maximum Gasteiger partial charge on any atom is 0.232 e. The first kappa shape index (κ1) is 24.2. The number of nitrogens with one attached hydrogen (secondary N) is 1. The van der Waals surface area contributed by atoms with Gasteiger partial charge in [-0.15, -0.1) is 0 Å². The molecule has 174 valence electrons. The van der Waals surface area contributed by atoms with E-state index in [0.29, 0.717) is 18.0 Å². The second-order valence-electron chi connectivity index (χ2n) is 7.38. The molecular formula is C24H24F2N2O4S. The van der Waals surface area contributed by atoms with Crippen LogP contribution in [-0.4, -0.2) is 27.1 Å². The van der Waals surface area contributed by atoms with E-state index in [4.69, 9.17) is 4.74 Å². The second-order valence-corrected chi connectivity index (χ2v) is 9.29. The number of sulfonamides is 1. The van der Waals surface area contributed by atoms with Crippen molar-refractivity contribution >= 4 is 27.3 Å². The number of amides is 1. The van der Waals surface area contributed by atoms with Crippen LogP contribution < -0.4 is 14.4 Å². The van der Waals surface area contributed by atoms with Crippen molar-refractivity contribution in [1.82, 2.24) is 0 Å². The number of ether oxygens (including phenoxy) is 1. The van der Waals surface area contributed by atoms with Crippen molar-refractivity contribution in [1.29, 1.82) is 0 Å². The number of hydrogen-bond acceptors (Lipinski definition) is 4. The lowest BCUT2D eigenvalue weighted by molar-refractivity contribution is -0.116. The second kappa shape index (κ2) is 10.9. The Morgan fingerprint density at radius 1 is 0.970 bits per heavy atom. The molecule has 0 aliphatic carbocycles. The lowest BCUT2D eigenvalue weighted by Crippen LogP contribution is -2.31. The lowest BCUT2D eigenvalue weighted by Gasteiger charge is -2.22. The molecule has 3 rings (SSSR count). The van der Waals surface area contributed by atoms with E-state index >= 15 is 0 Å². The maximum atomic E-state index is 13.5. The zero-order chi connectivity index (χ0) is 23.8. The summed E-state index contributed by atoms with van der Waals surface area (Å²) in [4.78, 5) is 12.3. The Morgan fingerprint density at radius 2 is 1.67 bits per heavy atom. The van der Waals surface area contributed by atoms with E-state index in [1.807, 2.05) is 30.3 Å². The molecule has 0 saturated carbocycles. The van der Waals surface area contributed by atoms with E-state index in [2.05, 4.69) is 5.32 Å². The van der Waals surface area contributed by atoms with E-state index in [1.54, 1.807) is 24.3 Å². The van der Waals surface area contributed by atoms with Crippen LogP contribution in [0.3, 0.4) is 0 Å². The largest absolute Gasteiger partial charge is 0.489 e. The van der Waals surface area contributed by atoms with Gasteiger partial charge in [0.25, 0.3) is 0 Å². The average Bonchev–Trinajstić information content (AvgIpc) is 2.78. The van der Waals surface area contributed by atoms with Crippen molar-refractivity contribution in [2.24, 2.45) is 0 Å². The number of carbonyl (C=O) groups excluding carboxylic acids is 1. The minimum Gasteiger partial charge on any atom is -0.489 e. The third-order valence-corrected chi connectivity index (χ3v) is 5.94. The van der Waals surface area contributed by atoms with Crippen LogP contribution in [-0.2, 0) is 21.4 Å². The molecule has 1 N–H and O–H groups in total. The minimum atomic E-state index is -3.74. The molecule has 0 heterocycles. The molecule has 0 fully saturated rings. The molecule has 1 amide bonds. The number of hydrogen-bond donors (Lipinski definition) is 1. The van der Waals surface area contributed by atoms with Gasteiger partial charge >= 0.3 is 0 Å². The summed E-state index contributed by atoms with van der Waals surface area (Å²) in [5, 5.41) is 2.74. The summed E-state index contributed by atoms with van der Waals surface area (Å²) < 4.78 is 57.5. The Hall–Kier alpha value is -3.46. The van der Waals surface area contributed by atoms with Crippen molar-refractivity contribution in [2.75, 3.05) is 22.4 Å². The summed E-state index contributed by atoms with van der Waals surface area (Å²) >= 11 is 0. The molecule has 9 heteroatoms. The molecule has 0 bridgehead atoms. The van der Waals surface area contributed by atoms with Crippen LogP contribution in [0.15, 0.2) is 72.8 Å². The van der Waals surface area contributed by atoms with Gasteiger partial charge in [0.1, 0.15) is 12.4 Å². The van der Waals surface area contributed by atoms with Crippen molar-refractivity contribution in [3.8, 4) is 5.75 Å². The zero-order valence-corrected chi connectivity index (χ0v) is 18.8. The first-order valence-corrected chi connectivity index (χ1v) is 12.1. The molecule has 3 aromatic carbocycles. The quantitative estimate of drug-likeness (QED) is 0.461. The van der Waals surface area contributed by atoms with Gasteiger partial charge in [-0.25, -0.2) is 17.2 Å². The van der Waals surface area contributed by atoms with Gasteiger partial charge in [-0.05, 0) is 48.4 Å². The smallest absolute Gasteiger partial charge is 0.232 e. The summed E-state index contributed by atoms with van der Waals surface area (Å²) in [6, 6.07) is 19.5. The molecule has 0 atom stereocenters. The fourth-order valence-electron chi connectivity index (χ4n) is 3.11. The fraction of sp³-hybridized carbons (Fsp3) is 0.208. The van der Waals surface area contributed by atoms with Crippen LogP contribution in [0, 0.1) is 11.6 Å². The normalized spacial score (nSPS) is 11.1. The van der Waals surface area contributed by atoms with Gasteiger partial charge in [0, 0.05) is 24.7 Å². The predicted molar refractivity (Wildman–Crippen MR) is 124 cm³/mol. The fourth-order valence-corrected chi connectivity index (χ4v) is 4.07. The van der Waals surface area contributed by atoms with Crippen LogP contribution in [0.4, 0.5) is 20.2 Å². The molecule has 3 aromatic rings. The standard InChI is InChI=1S/C24H24F2N2O4S/c1-33(30,31)28(20-11-14-22(25)23(26)16-20)15-5-8-24(29)27-19-9-12-21(13-10-19)32-17-18-6-3-2-4-7-18/h2-4,6-7,9-14,16H,5,8,15,17H2,1H3,(H,27,29). The van der Waals surface area contributed by atoms with Crippen molar-refractivity contribution in [3.63, 3.8) is 0 Å². The summed E-state index contributed by atoms with van der Waals surface area (Å²) in [6.07, 6.45) is 1.20. The van der Waals surface area contributed by atoms with Crippen LogP contribution in [0.25, 0.3) is 0 Å².